The molecular formula is C21H24N4O3S. The van der Waals surface area contributed by atoms with Crippen LogP contribution in [0.1, 0.15) is 18.1 Å². The number of piperazine rings is 1. The van der Waals surface area contributed by atoms with Crippen molar-refractivity contribution in [2.75, 3.05) is 31.5 Å². The zero-order valence-corrected chi connectivity index (χ0v) is 17.1. The highest BCUT2D eigenvalue weighted by molar-refractivity contribution is 7.88. The van der Waals surface area contributed by atoms with Gasteiger partial charge in [-0.15, -0.1) is 0 Å². The summed E-state index contributed by atoms with van der Waals surface area (Å²) < 4.78 is 26.8. The van der Waals surface area contributed by atoms with Gasteiger partial charge in [-0.3, -0.25) is 9.69 Å². The molecule has 1 atom stereocenters. The predicted octanol–water partition coefficient (Wildman–Crippen LogP) is 2.03. The number of rotatable bonds is 6. The summed E-state index contributed by atoms with van der Waals surface area (Å²) in [4.78, 5) is 14.5. The number of nitrogens with one attached hydrogen (secondary N) is 1. The van der Waals surface area contributed by atoms with Crippen LogP contribution in [0.2, 0.25) is 0 Å². The normalized spacial score (nSPS) is 16.7. The molecule has 0 unspecified atom stereocenters. The summed E-state index contributed by atoms with van der Waals surface area (Å²) in [5.74, 6) is -0.195. The molecule has 1 aliphatic rings. The standard InChI is InChI=1S/C21H24N4O3S/c1-17(21(26)23-20-9-5-8-19(14-20)15-22)24-10-12-25(13-11-24)29(27,28)16-18-6-3-2-4-7-18/h2-9,14,17H,10-13,16H2,1H3,(H,23,26)/t17-/m1/s1. The van der Waals surface area contributed by atoms with Gasteiger partial charge in [0.15, 0.2) is 0 Å². The van der Waals surface area contributed by atoms with Crippen molar-refractivity contribution in [1.29, 1.82) is 5.26 Å². The summed E-state index contributed by atoms with van der Waals surface area (Å²) in [7, 11) is -3.39. The second kappa shape index (κ2) is 9.18. The molecule has 0 radical (unpaired) electrons. The van der Waals surface area contributed by atoms with Crippen LogP contribution in [0.25, 0.3) is 0 Å². The zero-order chi connectivity index (χ0) is 20.9. The summed E-state index contributed by atoms with van der Waals surface area (Å²) in [6, 6.07) is 17.5. The van der Waals surface area contributed by atoms with Gasteiger partial charge in [0, 0.05) is 31.9 Å². The van der Waals surface area contributed by atoms with Crippen LogP contribution in [0.3, 0.4) is 0 Å². The van der Waals surface area contributed by atoms with E-state index in [1.165, 1.54) is 4.31 Å². The molecule has 2 aromatic rings. The van der Waals surface area contributed by atoms with Crippen LogP contribution in [0.15, 0.2) is 54.6 Å². The van der Waals surface area contributed by atoms with Gasteiger partial charge < -0.3 is 5.32 Å². The number of amides is 1. The van der Waals surface area contributed by atoms with Gasteiger partial charge in [0.1, 0.15) is 0 Å². The lowest BCUT2D eigenvalue weighted by atomic mass is 10.2. The van der Waals surface area contributed by atoms with Crippen molar-refractivity contribution in [1.82, 2.24) is 9.21 Å². The number of nitrogens with zero attached hydrogens (tertiary/aromatic N) is 3. The molecule has 152 valence electrons. The van der Waals surface area contributed by atoms with Crippen LogP contribution in [0.4, 0.5) is 5.69 Å². The minimum atomic E-state index is -3.39. The fourth-order valence-electron chi connectivity index (χ4n) is 3.32. The Labute approximate surface area is 171 Å². The van der Waals surface area contributed by atoms with E-state index in [0.29, 0.717) is 37.4 Å². The first kappa shape index (κ1) is 21.0. The molecule has 0 aromatic heterocycles. The number of anilines is 1. The Morgan fingerprint density at radius 1 is 1.10 bits per heavy atom. The fraction of sp³-hybridized carbons (Fsp3) is 0.333. The van der Waals surface area contributed by atoms with Gasteiger partial charge in [0.2, 0.25) is 15.9 Å². The van der Waals surface area contributed by atoms with Crippen LogP contribution in [-0.4, -0.2) is 55.8 Å². The number of benzene rings is 2. The first-order chi connectivity index (χ1) is 13.9. The second-order valence-corrected chi connectivity index (χ2v) is 9.00. The van der Waals surface area contributed by atoms with Gasteiger partial charge in [0.25, 0.3) is 0 Å². The topological polar surface area (TPSA) is 93.5 Å². The molecular weight excluding hydrogens is 388 g/mol. The largest absolute Gasteiger partial charge is 0.325 e. The van der Waals surface area contributed by atoms with E-state index in [0.717, 1.165) is 5.56 Å². The van der Waals surface area contributed by atoms with Crippen LogP contribution in [0, 0.1) is 11.3 Å². The number of carbonyl (C=O) groups is 1. The molecule has 29 heavy (non-hydrogen) atoms. The summed E-state index contributed by atoms with van der Waals surface area (Å²) in [6.07, 6.45) is 0. The Kier molecular flexibility index (Phi) is 6.64. The monoisotopic (exact) mass is 412 g/mol. The second-order valence-electron chi connectivity index (χ2n) is 7.03. The van der Waals surface area contributed by atoms with Gasteiger partial charge in [-0.05, 0) is 30.7 Å². The van der Waals surface area contributed by atoms with Crippen molar-refractivity contribution < 1.29 is 13.2 Å². The molecule has 2 aromatic carbocycles. The van der Waals surface area contributed by atoms with Gasteiger partial charge >= 0.3 is 0 Å². The van der Waals surface area contributed by atoms with Crippen LogP contribution in [-0.2, 0) is 20.6 Å². The van der Waals surface area contributed by atoms with E-state index < -0.39 is 16.1 Å². The summed E-state index contributed by atoms with van der Waals surface area (Å²) >= 11 is 0. The van der Waals surface area contributed by atoms with Gasteiger partial charge in [-0.1, -0.05) is 36.4 Å². The number of nitriles is 1. The predicted molar refractivity (Wildman–Crippen MR) is 111 cm³/mol. The number of carbonyl (C=O) groups excluding carboxylic acids is 1. The molecule has 1 fully saturated rings. The van der Waals surface area contributed by atoms with Crippen LogP contribution >= 0.6 is 0 Å². The lowest BCUT2D eigenvalue weighted by Crippen LogP contribution is -2.54. The minimum Gasteiger partial charge on any atom is -0.325 e. The van der Waals surface area contributed by atoms with Crippen molar-refractivity contribution in [3.05, 3.63) is 65.7 Å². The molecule has 7 nitrogen and oxygen atoms in total. The van der Waals surface area contributed by atoms with Crippen molar-refractivity contribution in [3.63, 3.8) is 0 Å². The molecule has 1 amide bonds. The Morgan fingerprint density at radius 3 is 2.45 bits per heavy atom. The molecule has 0 spiro atoms. The maximum absolute atomic E-state index is 12.7. The van der Waals surface area contributed by atoms with Gasteiger partial charge in [-0.25, -0.2) is 8.42 Å². The average Bonchev–Trinajstić information content (AvgIpc) is 2.74. The highest BCUT2D eigenvalue weighted by Crippen LogP contribution is 2.16. The third-order valence-electron chi connectivity index (χ3n) is 5.04. The first-order valence-corrected chi connectivity index (χ1v) is 11.1. The molecule has 1 N–H and O–H groups in total. The van der Waals surface area contributed by atoms with Crippen LogP contribution < -0.4 is 5.32 Å². The van der Waals surface area contributed by atoms with Gasteiger partial charge in [-0.2, -0.15) is 9.57 Å². The van der Waals surface area contributed by atoms with Crippen LogP contribution in [0.5, 0.6) is 0 Å². The Morgan fingerprint density at radius 2 is 1.79 bits per heavy atom. The van der Waals surface area contributed by atoms with Crippen molar-refractivity contribution in [2.45, 2.75) is 18.7 Å². The summed E-state index contributed by atoms with van der Waals surface area (Å²) in [5.41, 5.74) is 1.82. The highest BCUT2D eigenvalue weighted by Gasteiger charge is 2.30. The van der Waals surface area contributed by atoms with Crippen molar-refractivity contribution in [3.8, 4) is 6.07 Å². The maximum atomic E-state index is 12.7. The average molecular weight is 413 g/mol. The third-order valence-corrected chi connectivity index (χ3v) is 6.89. The van der Waals surface area contributed by atoms with E-state index in [4.69, 9.17) is 5.26 Å². The highest BCUT2D eigenvalue weighted by atomic mass is 32.2. The lowest BCUT2D eigenvalue weighted by molar-refractivity contribution is -0.121. The summed E-state index contributed by atoms with van der Waals surface area (Å²) in [6.45, 7) is 3.49. The van der Waals surface area contributed by atoms with E-state index in [-0.39, 0.29) is 11.7 Å². The number of hydrogen-bond donors (Lipinski definition) is 1. The van der Waals surface area contributed by atoms with Gasteiger partial charge in [0.05, 0.1) is 23.4 Å². The summed E-state index contributed by atoms with van der Waals surface area (Å²) in [5, 5.41) is 11.8. The van der Waals surface area contributed by atoms with E-state index >= 15 is 0 Å². The fourth-order valence-corrected chi connectivity index (χ4v) is 4.84. The number of sulfonamides is 1. The van der Waals surface area contributed by atoms with Crippen molar-refractivity contribution in [2.24, 2.45) is 0 Å². The van der Waals surface area contributed by atoms with E-state index in [2.05, 4.69) is 5.32 Å². The van der Waals surface area contributed by atoms with E-state index in [9.17, 15) is 13.2 Å². The quantitative estimate of drug-likeness (QED) is 0.784. The lowest BCUT2D eigenvalue weighted by Gasteiger charge is -2.36. The molecule has 0 bridgehead atoms. The smallest absolute Gasteiger partial charge is 0.241 e. The Bertz CT molecular complexity index is 994. The van der Waals surface area contributed by atoms with E-state index in [1.807, 2.05) is 41.3 Å². The Hall–Kier alpha value is -2.73. The molecule has 3 rings (SSSR count). The first-order valence-electron chi connectivity index (χ1n) is 9.46. The molecule has 0 aliphatic carbocycles. The molecule has 8 heteroatoms. The van der Waals surface area contributed by atoms with Crippen molar-refractivity contribution >= 4 is 21.6 Å². The SMILES string of the molecule is C[C@H](C(=O)Nc1cccc(C#N)c1)N1CCN(S(=O)(=O)Cc2ccccc2)CC1. The number of hydrogen-bond acceptors (Lipinski definition) is 5. The third kappa shape index (κ3) is 5.41. The molecule has 1 heterocycles. The van der Waals surface area contributed by atoms with E-state index in [1.54, 1.807) is 31.2 Å². The zero-order valence-electron chi connectivity index (χ0n) is 16.3. The minimum absolute atomic E-state index is 0.0148. The molecule has 1 aliphatic heterocycles. The maximum Gasteiger partial charge on any atom is 0.241 e. The Balaban J connectivity index is 1.55. The molecule has 0 saturated carbocycles. The molecule has 1 saturated heterocycles.